The van der Waals surface area contributed by atoms with Crippen molar-refractivity contribution in [2.24, 2.45) is 0 Å². The maximum Gasteiger partial charge on any atom is 0.229 e. The van der Waals surface area contributed by atoms with Gasteiger partial charge in [-0.3, -0.25) is 0 Å². The Balaban J connectivity index is 1.84. The molecule has 0 spiro atoms. The molecular formula is C16H14ClN5S. The molecule has 1 aromatic heterocycles. The normalized spacial score (nSPS) is 10.3. The van der Waals surface area contributed by atoms with Crippen LogP contribution in [0, 0.1) is 0 Å². The van der Waals surface area contributed by atoms with E-state index in [1.54, 1.807) is 6.07 Å². The van der Waals surface area contributed by atoms with Gasteiger partial charge in [-0.2, -0.15) is 4.98 Å². The summed E-state index contributed by atoms with van der Waals surface area (Å²) in [6.45, 7) is 0. The van der Waals surface area contributed by atoms with Crippen LogP contribution in [0.4, 0.5) is 28.8 Å². The molecule has 0 saturated carbocycles. The highest BCUT2D eigenvalue weighted by molar-refractivity contribution is 7.80. The number of anilines is 5. The van der Waals surface area contributed by atoms with E-state index in [0.29, 0.717) is 22.5 Å². The Morgan fingerprint density at radius 1 is 1.00 bits per heavy atom. The van der Waals surface area contributed by atoms with Gasteiger partial charge in [0, 0.05) is 22.0 Å². The lowest BCUT2D eigenvalue weighted by Crippen LogP contribution is -2.01. The van der Waals surface area contributed by atoms with Gasteiger partial charge in [-0.25, -0.2) is 4.98 Å². The van der Waals surface area contributed by atoms with Crippen LogP contribution >= 0.6 is 24.2 Å². The second-order valence-electron chi connectivity index (χ2n) is 4.82. The summed E-state index contributed by atoms with van der Waals surface area (Å²) in [5.74, 6) is 0.927. The lowest BCUT2D eigenvalue weighted by atomic mass is 10.3. The van der Waals surface area contributed by atoms with Crippen molar-refractivity contribution in [3.05, 3.63) is 59.8 Å². The minimum absolute atomic E-state index is 0.421. The monoisotopic (exact) mass is 343 g/mol. The van der Waals surface area contributed by atoms with E-state index in [2.05, 4.69) is 33.2 Å². The zero-order valence-electron chi connectivity index (χ0n) is 12.0. The van der Waals surface area contributed by atoms with E-state index in [1.165, 1.54) is 6.20 Å². The Labute approximate surface area is 144 Å². The second-order valence-corrected chi connectivity index (χ2v) is 5.74. The van der Waals surface area contributed by atoms with Crippen molar-refractivity contribution < 1.29 is 0 Å². The van der Waals surface area contributed by atoms with Crippen molar-refractivity contribution in [2.45, 2.75) is 4.90 Å². The topological polar surface area (TPSA) is 75.9 Å². The Hall–Kier alpha value is -2.44. The van der Waals surface area contributed by atoms with Gasteiger partial charge in [0.25, 0.3) is 0 Å². The fraction of sp³-hybridized carbons (Fsp3) is 0. The third-order valence-corrected chi connectivity index (χ3v) is 3.55. The van der Waals surface area contributed by atoms with E-state index >= 15 is 0 Å². The predicted octanol–water partition coefficient (Wildman–Crippen LogP) is 4.49. The lowest BCUT2D eigenvalue weighted by molar-refractivity contribution is 1.16. The quantitative estimate of drug-likeness (QED) is 0.415. The summed E-state index contributed by atoms with van der Waals surface area (Å²) in [7, 11) is 0. The number of nitrogens with zero attached hydrogens (tertiary/aromatic N) is 2. The van der Waals surface area contributed by atoms with Crippen molar-refractivity contribution in [2.75, 3.05) is 16.4 Å². The van der Waals surface area contributed by atoms with E-state index in [9.17, 15) is 0 Å². The largest absolute Gasteiger partial charge is 0.399 e. The van der Waals surface area contributed by atoms with Crippen LogP contribution in [-0.2, 0) is 0 Å². The Kier molecular flexibility index (Phi) is 4.55. The molecule has 0 amide bonds. The van der Waals surface area contributed by atoms with Gasteiger partial charge in [-0.15, -0.1) is 12.6 Å². The van der Waals surface area contributed by atoms with Crippen molar-refractivity contribution in [3.8, 4) is 0 Å². The molecule has 2 aromatic carbocycles. The number of nitrogens with two attached hydrogens (primary N) is 1. The first-order chi connectivity index (χ1) is 11.1. The fourth-order valence-corrected chi connectivity index (χ4v) is 2.34. The molecule has 0 fully saturated rings. The van der Waals surface area contributed by atoms with Crippen molar-refractivity contribution in [1.82, 2.24) is 9.97 Å². The number of halogens is 1. The number of hydrogen-bond donors (Lipinski definition) is 4. The summed E-state index contributed by atoms with van der Waals surface area (Å²) < 4.78 is 0. The maximum atomic E-state index is 6.16. The molecule has 0 aliphatic carbocycles. The molecule has 0 aliphatic heterocycles. The molecule has 3 aromatic rings. The lowest BCUT2D eigenvalue weighted by Gasteiger charge is -2.10. The van der Waals surface area contributed by atoms with Crippen LogP contribution in [-0.4, -0.2) is 9.97 Å². The first-order valence-electron chi connectivity index (χ1n) is 6.81. The van der Waals surface area contributed by atoms with Crippen LogP contribution in [0.1, 0.15) is 0 Å². The Morgan fingerprint density at radius 3 is 2.48 bits per heavy atom. The molecule has 0 radical (unpaired) electrons. The minimum atomic E-state index is 0.421. The fourth-order valence-electron chi connectivity index (χ4n) is 1.98. The highest BCUT2D eigenvalue weighted by atomic mass is 35.5. The van der Waals surface area contributed by atoms with E-state index < -0.39 is 0 Å². The molecule has 0 unspecified atom stereocenters. The van der Waals surface area contributed by atoms with Gasteiger partial charge >= 0.3 is 0 Å². The van der Waals surface area contributed by atoms with Crippen LogP contribution in [0.3, 0.4) is 0 Å². The van der Waals surface area contributed by atoms with Gasteiger partial charge in [0.15, 0.2) is 5.82 Å². The minimum Gasteiger partial charge on any atom is -0.399 e. The summed E-state index contributed by atoms with van der Waals surface area (Å²) in [5.41, 5.74) is 8.06. The molecule has 3 rings (SSSR count). The van der Waals surface area contributed by atoms with Crippen LogP contribution in [0.15, 0.2) is 59.6 Å². The summed E-state index contributed by atoms with van der Waals surface area (Å²) in [4.78, 5) is 9.41. The molecule has 4 N–H and O–H groups in total. The van der Waals surface area contributed by atoms with Gasteiger partial charge in [0.1, 0.15) is 5.02 Å². The number of benzene rings is 2. The maximum absolute atomic E-state index is 6.16. The van der Waals surface area contributed by atoms with Crippen molar-refractivity contribution in [1.29, 1.82) is 0 Å². The highest BCUT2D eigenvalue weighted by Crippen LogP contribution is 2.26. The molecule has 1 heterocycles. The molecule has 5 nitrogen and oxygen atoms in total. The van der Waals surface area contributed by atoms with Gasteiger partial charge in [0.2, 0.25) is 5.95 Å². The average molecular weight is 344 g/mol. The van der Waals surface area contributed by atoms with Gasteiger partial charge in [-0.1, -0.05) is 23.7 Å². The van der Waals surface area contributed by atoms with Gasteiger partial charge in [-0.05, 0) is 36.4 Å². The smallest absolute Gasteiger partial charge is 0.229 e. The summed E-state index contributed by atoms with van der Waals surface area (Å²) in [6, 6.07) is 14.9. The number of aromatic nitrogens is 2. The Bertz CT molecular complexity index is 840. The first kappa shape index (κ1) is 15.5. The number of thiol groups is 1. The standard InChI is InChI=1S/C16H14ClN5S/c17-14-9-19-16(21-11-4-1-3-10(18)7-11)22-15(14)20-12-5-2-6-13(23)8-12/h1-9,23H,18H2,(H2,19,20,21,22). The molecule has 116 valence electrons. The zero-order valence-corrected chi connectivity index (χ0v) is 13.6. The van der Waals surface area contributed by atoms with E-state index in [1.807, 2.05) is 42.5 Å². The van der Waals surface area contributed by atoms with E-state index in [4.69, 9.17) is 17.3 Å². The third-order valence-electron chi connectivity index (χ3n) is 3.00. The van der Waals surface area contributed by atoms with Crippen molar-refractivity contribution in [3.63, 3.8) is 0 Å². The van der Waals surface area contributed by atoms with Crippen LogP contribution < -0.4 is 16.4 Å². The molecule has 0 bridgehead atoms. The number of nitrogens with one attached hydrogen (secondary N) is 2. The summed E-state index contributed by atoms with van der Waals surface area (Å²) in [6.07, 6.45) is 1.54. The zero-order chi connectivity index (χ0) is 16.2. The van der Waals surface area contributed by atoms with Crippen LogP contribution in [0.25, 0.3) is 0 Å². The summed E-state index contributed by atoms with van der Waals surface area (Å²) in [5, 5.41) is 6.67. The van der Waals surface area contributed by atoms with E-state index in [-0.39, 0.29) is 0 Å². The van der Waals surface area contributed by atoms with Crippen molar-refractivity contribution >= 4 is 53.1 Å². The molecular weight excluding hydrogens is 330 g/mol. The van der Waals surface area contributed by atoms with Crippen LogP contribution in [0.2, 0.25) is 5.02 Å². The predicted molar refractivity (Wildman–Crippen MR) is 98.2 cm³/mol. The number of hydrogen-bond acceptors (Lipinski definition) is 6. The summed E-state index contributed by atoms with van der Waals surface area (Å²) >= 11 is 10.5. The molecule has 23 heavy (non-hydrogen) atoms. The molecule has 0 aliphatic rings. The number of nitrogen functional groups attached to an aromatic ring is 1. The second kappa shape index (κ2) is 6.76. The van der Waals surface area contributed by atoms with E-state index in [0.717, 1.165) is 16.3 Å². The molecule has 0 atom stereocenters. The Morgan fingerprint density at radius 2 is 1.74 bits per heavy atom. The SMILES string of the molecule is Nc1cccc(Nc2ncc(Cl)c(Nc3cccc(S)c3)n2)c1. The first-order valence-corrected chi connectivity index (χ1v) is 7.64. The van der Waals surface area contributed by atoms with Crippen LogP contribution in [0.5, 0.6) is 0 Å². The molecule has 7 heteroatoms. The highest BCUT2D eigenvalue weighted by Gasteiger charge is 2.07. The van der Waals surface area contributed by atoms with Gasteiger partial charge in [0.05, 0.1) is 6.20 Å². The average Bonchev–Trinajstić information content (AvgIpc) is 2.51. The van der Waals surface area contributed by atoms with Gasteiger partial charge < -0.3 is 16.4 Å². The third kappa shape index (κ3) is 4.06. The molecule has 0 saturated heterocycles. The number of rotatable bonds is 4.